The first-order valence-electron chi connectivity index (χ1n) is 7.83. The van der Waals surface area contributed by atoms with E-state index in [1.54, 1.807) is 7.11 Å². The van der Waals surface area contributed by atoms with Crippen LogP contribution in [0.15, 0.2) is 18.2 Å². The smallest absolute Gasteiger partial charge is 0.161 e. The van der Waals surface area contributed by atoms with Gasteiger partial charge in [0, 0.05) is 19.2 Å². The first-order chi connectivity index (χ1) is 10.2. The standard InChI is InChI=1S/C17H27NO3/c1-13(2)18-11-14-7-8-16(17(10-14)19-3)21-12-15-6-4-5-9-20-15/h7-8,10,13,15,18H,4-6,9,11-12H2,1-3H3. The van der Waals surface area contributed by atoms with Gasteiger partial charge in [0.2, 0.25) is 0 Å². The molecule has 2 rings (SSSR count). The Morgan fingerprint density at radius 3 is 2.81 bits per heavy atom. The fourth-order valence-electron chi connectivity index (χ4n) is 2.38. The second-order valence-corrected chi connectivity index (χ2v) is 5.82. The Labute approximate surface area is 127 Å². The van der Waals surface area contributed by atoms with Crippen LogP contribution in [0.5, 0.6) is 11.5 Å². The molecule has 1 atom stereocenters. The molecule has 1 saturated heterocycles. The minimum absolute atomic E-state index is 0.214. The van der Waals surface area contributed by atoms with Crippen molar-refractivity contribution >= 4 is 0 Å². The molecule has 1 aromatic carbocycles. The Morgan fingerprint density at radius 1 is 1.29 bits per heavy atom. The number of methoxy groups -OCH3 is 1. The lowest BCUT2D eigenvalue weighted by atomic mass is 10.1. The monoisotopic (exact) mass is 293 g/mol. The van der Waals surface area contributed by atoms with Gasteiger partial charge in [-0.25, -0.2) is 0 Å². The molecule has 1 aliphatic heterocycles. The summed E-state index contributed by atoms with van der Waals surface area (Å²) in [6.45, 7) is 6.56. The van der Waals surface area contributed by atoms with Crippen LogP contribution >= 0.6 is 0 Å². The Kier molecular flexibility index (Phi) is 6.33. The highest BCUT2D eigenvalue weighted by Crippen LogP contribution is 2.28. The zero-order chi connectivity index (χ0) is 15.1. The van der Waals surface area contributed by atoms with Crippen molar-refractivity contribution < 1.29 is 14.2 Å². The van der Waals surface area contributed by atoms with Crippen LogP contribution in [0.2, 0.25) is 0 Å². The number of nitrogens with one attached hydrogen (secondary N) is 1. The predicted molar refractivity (Wildman–Crippen MR) is 84.1 cm³/mol. The van der Waals surface area contributed by atoms with Gasteiger partial charge < -0.3 is 19.5 Å². The summed E-state index contributed by atoms with van der Waals surface area (Å²) in [6, 6.07) is 6.57. The summed E-state index contributed by atoms with van der Waals surface area (Å²) in [7, 11) is 1.68. The van der Waals surface area contributed by atoms with Crippen LogP contribution in [0.1, 0.15) is 38.7 Å². The van der Waals surface area contributed by atoms with Gasteiger partial charge in [0.05, 0.1) is 13.2 Å². The maximum atomic E-state index is 5.88. The van der Waals surface area contributed by atoms with Crippen LogP contribution in [-0.2, 0) is 11.3 Å². The third kappa shape index (κ3) is 5.21. The van der Waals surface area contributed by atoms with Crippen molar-refractivity contribution in [2.45, 2.75) is 51.8 Å². The summed E-state index contributed by atoms with van der Waals surface area (Å²) in [6.07, 6.45) is 3.69. The zero-order valence-corrected chi connectivity index (χ0v) is 13.4. The van der Waals surface area contributed by atoms with E-state index in [1.807, 2.05) is 12.1 Å². The summed E-state index contributed by atoms with van der Waals surface area (Å²) in [5.74, 6) is 1.58. The molecule has 1 heterocycles. The van der Waals surface area contributed by atoms with Crippen LogP contribution in [0, 0.1) is 0 Å². The maximum absolute atomic E-state index is 5.88. The predicted octanol–water partition coefficient (Wildman–Crippen LogP) is 3.14. The fraction of sp³-hybridized carbons (Fsp3) is 0.647. The van der Waals surface area contributed by atoms with Crippen molar-refractivity contribution in [1.29, 1.82) is 0 Å². The second-order valence-electron chi connectivity index (χ2n) is 5.82. The molecule has 118 valence electrons. The molecule has 0 amide bonds. The molecular weight excluding hydrogens is 266 g/mol. The van der Waals surface area contributed by atoms with Gasteiger partial charge in [-0.1, -0.05) is 19.9 Å². The first-order valence-corrected chi connectivity index (χ1v) is 7.83. The minimum Gasteiger partial charge on any atom is -0.493 e. The van der Waals surface area contributed by atoms with Crippen molar-refractivity contribution in [3.8, 4) is 11.5 Å². The van der Waals surface area contributed by atoms with Crippen molar-refractivity contribution in [3.63, 3.8) is 0 Å². The van der Waals surface area contributed by atoms with Crippen molar-refractivity contribution in [2.24, 2.45) is 0 Å². The number of benzene rings is 1. The average molecular weight is 293 g/mol. The molecule has 0 saturated carbocycles. The Bertz CT molecular complexity index is 428. The Hall–Kier alpha value is -1.26. The van der Waals surface area contributed by atoms with E-state index in [4.69, 9.17) is 14.2 Å². The van der Waals surface area contributed by atoms with Gasteiger partial charge in [0.15, 0.2) is 11.5 Å². The van der Waals surface area contributed by atoms with Gasteiger partial charge in [-0.2, -0.15) is 0 Å². The average Bonchev–Trinajstić information content (AvgIpc) is 2.52. The van der Waals surface area contributed by atoms with Crippen LogP contribution in [-0.4, -0.2) is 32.5 Å². The molecule has 1 fully saturated rings. The van der Waals surface area contributed by atoms with Gasteiger partial charge in [-0.15, -0.1) is 0 Å². The lowest BCUT2D eigenvalue weighted by molar-refractivity contribution is -0.0114. The molecule has 4 heteroatoms. The third-order valence-corrected chi connectivity index (χ3v) is 3.64. The molecule has 21 heavy (non-hydrogen) atoms. The summed E-state index contributed by atoms with van der Waals surface area (Å²) in [5, 5.41) is 3.40. The molecule has 1 N–H and O–H groups in total. The highest BCUT2D eigenvalue weighted by Gasteiger charge is 2.15. The normalized spacial score (nSPS) is 18.8. The van der Waals surface area contributed by atoms with E-state index in [0.717, 1.165) is 37.5 Å². The van der Waals surface area contributed by atoms with E-state index >= 15 is 0 Å². The SMILES string of the molecule is COc1cc(CNC(C)C)ccc1OCC1CCCCO1. The highest BCUT2D eigenvalue weighted by atomic mass is 16.5. The molecular formula is C17H27NO3. The van der Waals surface area contributed by atoms with Gasteiger partial charge in [-0.05, 0) is 37.0 Å². The Balaban J connectivity index is 1.92. The van der Waals surface area contributed by atoms with Crippen LogP contribution in [0.25, 0.3) is 0 Å². The van der Waals surface area contributed by atoms with Crippen molar-refractivity contribution in [3.05, 3.63) is 23.8 Å². The second kappa shape index (κ2) is 8.25. The molecule has 0 aromatic heterocycles. The van der Waals surface area contributed by atoms with E-state index in [-0.39, 0.29) is 6.10 Å². The van der Waals surface area contributed by atoms with E-state index in [2.05, 4.69) is 25.2 Å². The van der Waals surface area contributed by atoms with E-state index in [1.165, 1.54) is 12.0 Å². The van der Waals surface area contributed by atoms with E-state index < -0.39 is 0 Å². The molecule has 0 radical (unpaired) electrons. The Morgan fingerprint density at radius 2 is 2.14 bits per heavy atom. The summed E-state index contributed by atoms with van der Waals surface area (Å²) in [5.41, 5.74) is 1.20. The van der Waals surface area contributed by atoms with Gasteiger partial charge in [0.1, 0.15) is 6.61 Å². The molecule has 4 nitrogen and oxygen atoms in total. The number of rotatable bonds is 7. The third-order valence-electron chi connectivity index (χ3n) is 3.64. The molecule has 0 spiro atoms. The van der Waals surface area contributed by atoms with E-state index in [9.17, 15) is 0 Å². The molecule has 1 aromatic rings. The number of ether oxygens (including phenoxy) is 3. The summed E-state index contributed by atoms with van der Waals surface area (Å²) >= 11 is 0. The summed E-state index contributed by atoms with van der Waals surface area (Å²) < 4.78 is 17.0. The number of hydrogen-bond donors (Lipinski definition) is 1. The van der Waals surface area contributed by atoms with E-state index in [0.29, 0.717) is 12.6 Å². The zero-order valence-electron chi connectivity index (χ0n) is 13.4. The number of hydrogen-bond acceptors (Lipinski definition) is 4. The topological polar surface area (TPSA) is 39.7 Å². The van der Waals surface area contributed by atoms with Crippen LogP contribution in [0.4, 0.5) is 0 Å². The largest absolute Gasteiger partial charge is 0.493 e. The van der Waals surface area contributed by atoms with Crippen LogP contribution in [0.3, 0.4) is 0 Å². The maximum Gasteiger partial charge on any atom is 0.161 e. The van der Waals surface area contributed by atoms with Crippen LogP contribution < -0.4 is 14.8 Å². The molecule has 0 aliphatic carbocycles. The summed E-state index contributed by atoms with van der Waals surface area (Å²) in [4.78, 5) is 0. The molecule has 1 aliphatic rings. The molecule has 0 bridgehead atoms. The lowest BCUT2D eigenvalue weighted by Gasteiger charge is -2.23. The first kappa shape index (κ1) is 16.1. The van der Waals surface area contributed by atoms with Crippen molar-refractivity contribution in [1.82, 2.24) is 5.32 Å². The molecule has 1 unspecified atom stereocenters. The quantitative estimate of drug-likeness (QED) is 0.838. The highest BCUT2D eigenvalue weighted by molar-refractivity contribution is 5.43. The van der Waals surface area contributed by atoms with Crippen molar-refractivity contribution in [2.75, 3.05) is 20.3 Å². The lowest BCUT2D eigenvalue weighted by Crippen LogP contribution is -2.26. The van der Waals surface area contributed by atoms with Gasteiger partial charge in [0.25, 0.3) is 0 Å². The van der Waals surface area contributed by atoms with Gasteiger partial charge in [-0.3, -0.25) is 0 Å². The fourth-order valence-corrected chi connectivity index (χ4v) is 2.38. The van der Waals surface area contributed by atoms with Gasteiger partial charge >= 0.3 is 0 Å². The minimum atomic E-state index is 0.214.